The Labute approximate surface area is 165 Å². The number of carbonyl (C=O) groups is 2. The van der Waals surface area contributed by atoms with Crippen molar-refractivity contribution in [2.45, 2.75) is 38.3 Å². The van der Waals surface area contributed by atoms with Crippen molar-refractivity contribution < 1.29 is 27.6 Å². The first-order valence-corrected chi connectivity index (χ1v) is 11.4. The van der Waals surface area contributed by atoms with E-state index < -0.39 is 9.84 Å². The molecule has 1 aliphatic carbocycles. The number of hydrogen-bond donors (Lipinski definition) is 3. The third kappa shape index (κ3) is 6.20. The number of hydrogen-bond acceptors (Lipinski definition) is 5. The van der Waals surface area contributed by atoms with E-state index in [0.717, 1.165) is 30.7 Å². The molecule has 8 nitrogen and oxygen atoms in total. The second-order valence-electron chi connectivity index (χ2n) is 7.70. The number of ether oxygens (including phenoxy) is 1. The number of quaternary nitrogens is 1. The van der Waals surface area contributed by atoms with Gasteiger partial charge in [0.1, 0.15) is 12.3 Å². The number of carbonyl (C=O) groups excluding carboxylic acids is 2. The highest BCUT2D eigenvalue weighted by Crippen LogP contribution is 2.21. The summed E-state index contributed by atoms with van der Waals surface area (Å²) in [5.41, 5.74) is 6.01. The quantitative estimate of drug-likeness (QED) is 0.488. The van der Waals surface area contributed by atoms with Crippen LogP contribution in [0.25, 0.3) is 0 Å². The molecule has 1 aliphatic heterocycles. The molecule has 1 saturated carbocycles. The molecule has 3 N–H and O–H groups in total. The Balaban J connectivity index is 1.43. The molecule has 154 valence electrons. The SMILES string of the molecule is COc1ccc(C[NH+](CC(=O)NNC(=O)C[C@@H]2CCS(=O)(=O)C2)C2CC2)cc1. The highest BCUT2D eigenvalue weighted by Gasteiger charge is 2.35. The van der Waals surface area contributed by atoms with Crippen molar-refractivity contribution in [1.82, 2.24) is 10.9 Å². The van der Waals surface area contributed by atoms with Gasteiger partial charge in [0.15, 0.2) is 16.4 Å². The molecular weight excluding hydrogens is 382 g/mol. The van der Waals surface area contributed by atoms with E-state index in [0.29, 0.717) is 12.5 Å². The van der Waals surface area contributed by atoms with E-state index in [1.807, 2.05) is 24.3 Å². The van der Waals surface area contributed by atoms with Gasteiger partial charge in [0.2, 0.25) is 5.91 Å². The van der Waals surface area contributed by atoms with Crippen LogP contribution in [0.4, 0.5) is 0 Å². The zero-order chi connectivity index (χ0) is 20.1. The van der Waals surface area contributed by atoms with E-state index in [-0.39, 0.29) is 42.2 Å². The highest BCUT2D eigenvalue weighted by molar-refractivity contribution is 7.91. The summed E-state index contributed by atoms with van der Waals surface area (Å²) in [5.74, 6) is 0.234. The number of hydrazine groups is 1. The summed E-state index contributed by atoms with van der Waals surface area (Å²) >= 11 is 0. The standard InChI is InChI=1S/C19H27N3O5S/c1-27-17-6-2-14(3-7-17)11-22(16-4-5-16)12-19(24)21-20-18(23)10-15-8-9-28(25,26)13-15/h2-3,6-7,15-16H,4-5,8-13H2,1H3,(H,20,23)(H,21,24)/p+1/t15-/m0/s1. The zero-order valence-corrected chi connectivity index (χ0v) is 16.9. The first-order chi connectivity index (χ1) is 13.3. The number of sulfone groups is 1. The maximum Gasteiger partial charge on any atom is 0.293 e. The Hall–Kier alpha value is -2.13. The van der Waals surface area contributed by atoms with Gasteiger partial charge in [-0.3, -0.25) is 20.4 Å². The minimum atomic E-state index is -3.00. The van der Waals surface area contributed by atoms with Crippen molar-refractivity contribution in [1.29, 1.82) is 0 Å². The van der Waals surface area contributed by atoms with Crippen LogP contribution in [0.3, 0.4) is 0 Å². The normalized spacial score (nSPS) is 21.7. The highest BCUT2D eigenvalue weighted by atomic mass is 32.2. The van der Waals surface area contributed by atoms with Crippen molar-refractivity contribution in [3.63, 3.8) is 0 Å². The Morgan fingerprint density at radius 2 is 1.79 bits per heavy atom. The minimum Gasteiger partial charge on any atom is -0.497 e. The van der Waals surface area contributed by atoms with Crippen LogP contribution in [-0.2, 0) is 26.0 Å². The Kier molecular flexibility index (Phi) is 6.56. The van der Waals surface area contributed by atoms with Gasteiger partial charge in [0.25, 0.3) is 5.91 Å². The molecule has 2 aliphatic rings. The van der Waals surface area contributed by atoms with Crippen LogP contribution in [0.1, 0.15) is 31.2 Å². The molecule has 2 fully saturated rings. The van der Waals surface area contributed by atoms with Crippen LogP contribution in [0.15, 0.2) is 24.3 Å². The molecule has 0 aromatic heterocycles. The van der Waals surface area contributed by atoms with Crippen LogP contribution in [0, 0.1) is 5.92 Å². The molecule has 2 amide bonds. The van der Waals surface area contributed by atoms with Crippen molar-refractivity contribution in [3.8, 4) is 5.75 Å². The number of methoxy groups -OCH3 is 1. The molecular formula is C19H28N3O5S+. The van der Waals surface area contributed by atoms with Gasteiger partial charge in [-0.05, 0) is 36.6 Å². The molecule has 1 unspecified atom stereocenters. The lowest BCUT2D eigenvalue weighted by molar-refractivity contribution is -0.917. The fraction of sp³-hybridized carbons (Fsp3) is 0.579. The molecule has 2 atom stereocenters. The summed E-state index contributed by atoms with van der Waals surface area (Å²) in [7, 11) is -1.38. The lowest BCUT2D eigenvalue weighted by atomic mass is 10.1. The van der Waals surface area contributed by atoms with Gasteiger partial charge < -0.3 is 9.64 Å². The zero-order valence-electron chi connectivity index (χ0n) is 16.1. The molecule has 3 rings (SSSR count). The van der Waals surface area contributed by atoms with E-state index in [4.69, 9.17) is 4.74 Å². The first-order valence-electron chi connectivity index (χ1n) is 9.60. The minimum absolute atomic E-state index is 0.0514. The van der Waals surface area contributed by atoms with Crippen LogP contribution < -0.4 is 20.5 Å². The fourth-order valence-electron chi connectivity index (χ4n) is 3.58. The van der Waals surface area contributed by atoms with Gasteiger partial charge in [-0.1, -0.05) is 0 Å². The Morgan fingerprint density at radius 3 is 2.36 bits per heavy atom. The van der Waals surface area contributed by atoms with Gasteiger partial charge in [0, 0.05) is 24.8 Å². The number of amides is 2. The predicted octanol–water partition coefficient (Wildman–Crippen LogP) is -0.785. The van der Waals surface area contributed by atoms with Crippen LogP contribution in [-0.4, -0.2) is 51.4 Å². The first kappa shape index (κ1) is 20.6. The van der Waals surface area contributed by atoms with Gasteiger partial charge >= 0.3 is 0 Å². The van der Waals surface area contributed by atoms with E-state index in [1.54, 1.807) is 7.11 Å². The second-order valence-corrected chi connectivity index (χ2v) is 9.93. The van der Waals surface area contributed by atoms with Gasteiger partial charge in [-0.2, -0.15) is 0 Å². The van der Waals surface area contributed by atoms with Gasteiger partial charge in [0.05, 0.1) is 24.7 Å². The van der Waals surface area contributed by atoms with Gasteiger partial charge in [-0.15, -0.1) is 0 Å². The molecule has 0 spiro atoms. The summed E-state index contributed by atoms with van der Waals surface area (Å²) < 4.78 is 28.1. The van der Waals surface area contributed by atoms with Crippen LogP contribution in [0.5, 0.6) is 5.75 Å². The molecule has 1 aromatic rings. The van der Waals surface area contributed by atoms with Crippen molar-refractivity contribution >= 4 is 21.7 Å². The Morgan fingerprint density at radius 1 is 1.11 bits per heavy atom. The van der Waals surface area contributed by atoms with Crippen molar-refractivity contribution in [2.75, 3.05) is 25.2 Å². The maximum absolute atomic E-state index is 12.3. The molecule has 9 heteroatoms. The number of benzene rings is 1. The summed E-state index contributed by atoms with van der Waals surface area (Å²) in [6, 6.07) is 8.27. The average Bonchev–Trinajstić information content (AvgIpc) is 3.44. The number of nitrogens with one attached hydrogen (secondary N) is 3. The predicted molar refractivity (Wildman–Crippen MR) is 103 cm³/mol. The molecule has 0 radical (unpaired) electrons. The molecule has 1 saturated heterocycles. The van der Waals surface area contributed by atoms with E-state index >= 15 is 0 Å². The Bertz CT molecular complexity index is 805. The lowest BCUT2D eigenvalue weighted by Gasteiger charge is -2.19. The lowest BCUT2D eigenvalue weighted by Crippen LogP contribution is -3.13. The topological polar surface area (TPSA) is 106 Å². The third-order valence-corrected chi connectivity index (χ3v) is 7.11. The maximum atomic E-state index is 12.3. The molecule has 28 heavy (non-hydrogen) atoms. The summed E-state index contributed by atoms with van der Waals surface area (Å²) in [5, 5.41) is 0. The van der Waals surface area contributed by atoms with E-state index in [1.165, 1.54) is 4.90 Å². The monoisotopic (exact) mass is 410 g/mol. The smallest absolute Gasteiger partial charge is 0.293 e. The molecule has 0 bridgehead atoms. The second kappa shape index (κ2) is 8.91. The summed E-state index contributed by atoms with van der Waals surface area (Å²) in [4.78, 5) is 25.4. The average molecular weight is 411 g/mol. The van der Waals surface area contributed by atoms with Crippen LogP contribution >= 0.6 is 0 Å². The fourth-order valence-corrected chi connectivity index (χ4v) is 5.45. The van der Waals surface area contributed by atoms with Crippen molar-refractivity contribution in [3.05, 3.63) is 29.8 Å². The third-order valence-electron chi connectivity index (χ3n) is 5.27. The number of rotatable bonds is 8. The van der Waals surface area contributed by atoms with Crippen LogP contribution in [0.2, 0.25) is 0 Å². The van der Waals surface area contributed by atoms with Gasteiger partial charge in [-0.25, -0.2) is 8.42 Å². The van der Waals surface area contributed by atoms with E-state index in [2.05, 4.69) is 10.9 Å². The summed E-state index contributed by atoms with van der Waals surface area (Å²) in [6.07, 6.45) is 2.82. The van der Waals surface area contributed by atoms with Crippen molar-refractivity contribution in [2.24, 2.45) is 5.92 Å². The molecule has 1 aromatic carbocycles. The summed E-state index contributed by atoms with van der Waals surface area (Å²) in [6.45, 7) is 1.00. The van der Waals surface area contributed by atoms with E-state index in [9.17, 15) is 18.0 Å². The largest absolute Gasteiger partial charge is 0.497 e. The molecule has 1 heterocycles.